The van der Waals surface area contributed by atoms with Crippen LogP contribution in [0.5, 0.6) is 0 Å². The first kappa shape index (κ1) is 16.3. The predicted molar refractivity (Wildman–Crippen MR) is 83.7 cm³/mol. The van der Waals surface area contributed by atoms with Crippen molar-refractivity contribution in [1.29, 1.82) is 0 Å². The van der Waals surface area contributed by atoms with Crippen molar-refractivity contribution in [3.63, 3.8) is 0 Å². The Labute approximate surface area is 128 Å². The molecular formula is C17H30N2O2. The second kappa shape index (κ2) is 7.28. The summed E-state index contributed by atoms with van der Waals surface area (Å²) in [5.41, 5.74) is 0. The van der Waals surface area contributed by atoms with Gasteiger partial charge in [0.25, 0.3) is 0 Å². The summed E-state index contributed by atoms with van der Waals surface area (Å²) in [6.45, 7) is 7.61. The van der Waals surface area contributed by atoms with Crippen molar-refractivity contribution in [2.24, 2.45) is 17.8 Å². The third-order valence-electron chi connectivity index (χ3n) is 4.95. The summed E-state index contributed by atoms with van der Waals surface area (Å²) < 4.78 is 0. The van der Waals surface area contributed by atoms with Gasteiger partial charge in [0.15, 0.2) is 0 Å². The molecule has 0 bridgehead atoms. The average Bonchev–Trinajstić information content (AvgIpc) is 2.46. The van der Waals surface area contributed by atoms with E-state index in [0.29, 0.717) is 6.04 Å². The Morgan fingerprint density at radius 2 is 1.76 bits per heavy atom. The van der Waals surface area contributed by atoms with E-state index in [9.17, 15) is 9.59 Å². The first-order chi connectivity index (χ1) is 9.97. The molecule has 2 aliphatic rings. The van der Waals surface area contributed by atoms with E-state index >= 15 is 0 Å². The third-order valence-corrected chi connectivity index (χ3v) is 4.95. The lowest BCUT2D eigenvalue weighted by Crippen LogP contribution is -2.47. The molecule has 0 aromatic carbocycles. The van der Waals surface area contributed by atoms with Crippen molar-refractivity contribution in [2.45, 2.75) is 65.3 Å². The maximum atomic E-state index is 12.4. The lowest BCUT2D eigenvalue weighted by Gasteiger charge is -2.34. The van der Waals surface area contributed by atoms with Crippen LogP contribution in [0.3, 0.4) is 0 Å². The van der Waals surface area contributed by atoms with Gasteiger partial charge in [0, 0.05) is 31.0 Å². The van der Waals surface area contributed by atoms with Crippen LogP contribution in [0, 0.1) is 17.8 Å². The van der Waals surface area contributed by atoms with Crippen molar-refractivity contribution < 1.29 is 9.59 Å². The second-order valence-electron chi connectivity index (χ2n) is 7.23. The summed E-state index contributed by atoms with van der Waals surface area (Å²) in [6, 6.07) is 0.372. The highest BCUT2D eigenvalue weighted by molar-refractivity contribution is 5.81. The van der Waals surface area contributed by atoms with Crippen LogP contribution in [0.25, 0.3) is 0 Å². The number of amides is 2. The van der Waals surface area contributed by atoms with E-state index < -0.39 is 0 Å². The summed E-state index contributed by atoms with van der Waals surface area (Å²) in [5.74, 6) is 1.31. The monoisotopic (exact) mass is 294 g/mol. The minimum atomic E-state index is 0.0547. The molecule has 120 valence electrons. The highest BCUT2D eigenvalue weighted by Crippen LogP contribution is 2.25. The number of carbonyl (C=O) groups excluding carboxylic acids is 2. The largest absolute Gasteiger partial charge is 0.353 e. The first-order valence-corrected chi connectivity index (χ1v) is 8.56. The molecule has 1 heterocycles. The van der Waals surface area contributed by atoms with Crippen LogP contribution < -0.4 is 5.32 Å². The summed E-state index contributed by atoms with van der Waals surface area (Å²) in [6.07, 6.45) is 6.39. The molecule has 21 heavy (non-hydrogen) atoms. The van der Waals surface area contributed by atoms with Gasteiger partial charge in [-0.1, -0.05) is 33.6 Å². The molecule has 0 aromatic rings. The standard InChI is InChI=1S/C17H30N2O2/c1-12(2)17(21)19-9-7-14(8-10-19)16(20)18-15-6-4-5-13(3)11-15/h12-15H,4-11H2,1-3H3,(H,18,20). The van der Waals surface area contributed by atoms with Crippen LogP contribution in [-0.2, 0) is 9.59 Å². The fourth-order valence-electron chi connectivity index (χ4n) is 3.61. The predicted octanol–water partition coefficient (Wildman–Crippen LogP) is 2.58. The van der Waals surface area contributed by atoms with E-state index in [1.807, 2.05) is 18.7 Å². The maximum absolute atomic E-state index is 12.4. The molecule has 0 aromatic heterocycles. The van der Waals surface area contributed by atoms with Gasteiger partial charge in [-0.15, -0.1) is 0 Å². The van der Waals surface area contributed by atoms with Crippen molar-refractivity contribution >= 4 is 11.8 Å². The summed E-state index contributed by atoms with van der Waals surface area (Å²) in [4.78, 5) is 26.2. The summed E-state index contributed by atoms with van der Waals surface area (Å²) >= 11 is 0. The number of nitrogens with one attached hydrogen (secondary N) is 1. The number of hydrogen-bond acceptors (Lipinski definition) is 2. The van der Waals surface area contributed by atoms with Crippen molar-refractivity contribution in [3.05, 3.63) is 0 Å². The van der Waals surface area contributed by atoms with Crippen LogP contribution in [0.1, 0.15) is 59.3 Å². The fourth-order valence-corrected chi connectivity index (χ4v) is 3.61. The first-order valence-electron chi connectivity index (χ1n) is 8.56. The molecule has 2 amide bonds. The van der Waals surface area contributed by atoms with Crippen LogP contribution in [0.2, 0.25) is 0 Å². The zero-order valence-electron chi connectivity index (χ0n) is 13.7. The zero-order chi connectivity index (χ0) is 15.4. The molecule has 2 atom stereocenters. The second-order valence-corrected chi connectivity index (χ2v) is 7.23. The lowest BCUT2D eigenvalue weighted by molar-refractivity contribution is -0.138. The molecule has 2 unspecified atom stereocenters. The van der Waals surface area contributed by atoms with Gasteiger partial charge in [-0.05, 0) is 31.6 Å². The molecule has 1 N–H and O–H groups in total. The molecule has 1 saturated carbocycles. The van der Waals surface area contributed by atoms with Gasteiger partial charge in [-0.3, -0.25) is 9.59 Å². The molecular weight excluding hydrogens is 264 g/mol. The topological polar surface area (TPSA) is 49.4 Å². The number of hydrogen-bond donors (Lipinski definition) is 1. The molecule has 2 rings (SSSR count). The maximum Gasteiger partial charge on any atom is 0.225 e. The Morgan fingerprint density at radius 3 is 2.33 bits per heavy atom. The molecule has 1 aliphatic carbocycles. The number of nitrogens with zero attached hydrogens (tertiary/aromatic N) is 1. The van der Waals surface area contributed by atoms with Crippen LogP contribution >= 0.6 is 0 Å². The van der Waals surface area contributed by atoms with Crippen LogP contribution in [-0.4, -0.2) is 35.8 Å². The van der Waals surface area contributed by atoms with E-state index in [4.69, 9.17) is 0 Å². The Morgan fingerprint density at radius 1 is 1.10 bits per heavy atom. The van der Waals surface area contributed by atoms with Crippen molar-refractivity contribution in [2.75, 3.05) is 13.1 Å². The number of carbonyl (C=O) groups is 2. The Kier molecular flexibility index (Phi) is 5.65. The molecule has 1 saturated heterocycles. The quantitative estimate of drug-likeness (QED) is 0.869. The molecule has 4 heteroatoms. The van der Waals surface area contributed by atoms with E-state index in [1.165, 1.54) is 12.8 Å². The van der Waals surface area contributed by atoms with Crippen molar-refractivity contribution in [3.8, 4) is 0 Å². The fraction of sp³-hybridized carbons (Fsp3) is 0.882. The highest BCUT2D eigenvalue weighted by Gasteiger charge is 2.30. The van der Waals surface area contributed by atoms with E-state index in [0.717, 1.165) is 44.7 Å². The molecule has 4 nitrogen and oxygen atoms in total. The van der Waals surface area contributed by atoms with Crippen molar-refractivity contribution in [1.82, 2.24) is 10.2 Å². The average molecular weight is 294 g/mol. The van der Waals surface area contributed by atoms with Gasteiger partial charge in [0.05, 0.1) is 0 Å². The van der Waals surface area contributed by atoms with Gasteiger partial charge in [-0.2, -0.15) is 0 Å². The Hall–Kier alpha value is -1.06. The molecule has 2 fully saturated rings. The van der Waals surface area contributed by atoms with Crippen LogP contribution in [0.15, 0.2) is 0 Å². The van der Waals surface area contributed by atoms with Gasteiger partial charge in [-0.25, -0.2) is 0 Å². The minimum absolute atomic E-state index is 0.0547. The van der Waals surface area contributed by atoms with E-state index in [2.05, 4.69) is 12.2 Å². The third kappa shape index (κ3) is 4.45. The summed E-state index contributed by atoms with van der Waals surface area (Å²) in [7, 11) is 0. The Balaban J connectivity index is 1.76. The molecule has 0 radical (unpaired) electrons. The van der Waals surface area contributed by atoms with Gasteiger partial charge < -0.3 is 10.2 Å². The molecule has 1 aliphatic heterocycles. The Bertz CT molecular complexity index is 373. The van der Waals surface area contributed by atoms with E-state index in [1.54, 1.807) is 0 Å². The van der Waals surface area contributed by atoms with Gasteiger partial charge in [0.1, 0.15) is 0 Å². The smallest absolute Gasteiger partial charge is 0.225 e. The van der Waals surface area contributed by atoms with Gasteiger partial charge >= 0.3 is 0 Å². The summed E-state index contributed by atoms with van der Waals surface area (Å²) in [5, 5.41) is 3.24. The lowest BCUT2D eigenvalue weighted by atomic mass is 9.86. The number of likely N-dealkylation sites (tertiary alicyclic amines) is 1. The van der Waals surface area contributed by atoms with Gasteiger partial charge in [0.2, 0.25) is 11.8 Å². The highest BCUT2D eigenvalue weighted by atomic mass is 16.2. The SMILES string of the molecule is CC1CCCC(NC(=O)C2CCN(C(=O)C(C)C)CC2)C1. The molecule has 0 spiro atoms. The van der Waals surface area contributed by atoms with Crippen LogP contribution in [0.4, 0.5) is 0 Å². The number of rotatable bonds is 3. The normalized spacial score (nSPS) is 27.7. The zero-order valence-corrected chi connectivity index (χ0v) is 13.7. The number of piperidine rings is 1. The van der Waals surface area contributed by atoms with E-state index in [-0.39, 0.29) is 23.7 Å². The minimum Gasteiger partial charge on any atom is -0.353 e.